The highest BCUT2D eigenvalue weighted by molar-refractivity contribution is 7.80. The smallest absolute Gasteiger partial charge is 0.258 e. The average Bonchev–Trinajstić information content (AvgIpc) is 2.58. The van der Waals surface area contributed by atoms with Crippen LogP contribution in [0.4, 0.5) is 5.69 Å². The van der Waals surface area contributed by atoms with E-state index in [1.807, 2.05) is 30.3 Å². The molecule has 0 aliphatic carbocycles. The van der Waals surface area contributed by atoms with Crippen LogP contribution >= 0.6 is 24.4 Å². The topological polar surface area (TPSA) is 87.7 Å². The lowest BCUT2D eigenvalue weighted by Gasteiger charge is -2.07. The Morgan fingerprint density at radius 3 is 1.59 bits per heavy atom. The van der Waals surface area contributed by atoms with Gasteiger partial charge in [-0.05, 0) is 60.8 Å². The molecule has 0 bridgehead atoms. The van der Waals surface area contributed by atoms with Gasteiger partial charge in [0.05, 0.1) is 0 Å². The predicted octanol–water partition coefficient (Wildman–Crippen LogP) is 6.35. The summed E-state index contributed by atoms with van der Waals surface area (Å²) >= 11 is 8.40. The predicted molar refractivity (Wildman–Crippen MR) is 123 cm³/mol. The zero-order valence-corrected chi connectivity index (χ0v) is 17.9. The molecule has 0 saturated carbocycles. The molecule has 0 aliphatic rings. The zero-order chi connectivity index (χ0) is 21.1. The molecule has 0 atom stereocenters. The molecule has 0 radical (unpaired) electrons. The van der Waals surface area contributed by atoms with Crippen LogP contribution in [0.5, 0.6) is 11.5 Å². The first-order valence-corrected chi connectivity index (χ1v) is 9.43. The highest BCUT2D eigenvalue weighted by Crippen LogP contribution is 2.22. The third-order valence-electron chi connectivity index (χ3n) is 2.08. The summed E-state index contributed by atoms with van der Waals surface area (Å²) in [7, 11) is 0. The molecule has 5 nitrogen and oxygen atoms in total. The number of rotatable bonds is 3. The molecule has 0 amide bonds. The van der Waals surface area contributed by atoms with Gasteiger partial charge in [0.1, 0.15) is 11.5 Å². The highest BCUT2D eigenvalue weighted by Gasteiger charge is 1.98. The molecule has 0 spiro atoms. The van der Waals surface area contributed by atoms with Crippen molar-refractivity contribution in [3.05, 3.63) is 54.6 Å². The Labute approximate surface area is 173 Å². The molecule has 2 rings (SSSR count). The first kappa shape index (κ1) is 26.8. The lowest BCUT2D eigenvalue weighted by molar-refractivity contribution is 0.483. The largest absolute Gasteiger partial charge is 0.487 e. The number of anilines is 1. The van der Waals surface area contributed by atoms with Crippen LogP contribution < -0.4 is 15.8 Å². The van der Waals surface area contributed by atoms with E-state index in [-0.39, 0.29) is 5.17 Å². The standard InChI is InChI=1S/C13H11NO2S.2C3H8.CH3NOS/c15-13(17)14-10-6-8-12(9-7-10)16-11-4-2-1-3-5-11;2*1-3-2;2-1(3)4/h1-9H,(H2,14,15,17);2*3H2,1-2H3;(H3,2,3,4). The van der Waals surface area contributed by atoms with Crippen molar-refractivity contribution in [2.45, 2.75) is 40.5 Å². The SMILES string of the molecule is CCC.CCC.NC(O)=S.OC(=S)Nc1ccc(Oc2ccccc2)cc1. The fourth-order valence-corrected chi connectivity index (χ4v) is 1.47. The Balaban J connectivity index is 0. The normalized spacial score (nSPS) is 8.30. The minimum absolute atomic E-state index is 0.248. The van der Waals surface area contributed by atoms with Gasteiger partial charge in [-0.15, -0.1) is 0 Å². The molecule has 0 aliphatic heterocycles. The number of aliphatic hydroxyl groups is 2. The van der Waals surface area contributed by atoms with E-state index in [2.05, 4.69) is 63.2 Å². The van der Waals surface area contributed by atoms with Crippen molar-refractivity contribution in [2.24, 2.45) is 5.73 Å². The van der Waals surface area contributed by atoms with Gasteiger partial charge in [0.15, 0.2) is 0 Å². The van der Waals surface area contributed by atoms with Crippen LogP contribution in [0, 0.1) is 0 Å². The van der Waals surface area contributed by atoms with E-state index in [9.17, 15) is 0 Å². The summed E-state index contributed by atoms with van der Waals surface area (Å²) in [5, 5.41) is 18.3. The average molecular weight is 411 g/mol. The summed E-state index contributed by atoms with van der Waals surface area (Å²) in [4.78, 5) is 0. The Bertz CT molecular complexity index is 615. The summed E-state index contributed by atoms with van der Waals surface area (Å²) in [6.45, 7) is 8.50. The van der Waals surface area contributed by atoms with Gasteiger partial charge >= 0.3 is 0 Å². The van der Waals surface area contributed by atoms with E-state index in [0.717, 1.165) is 17.2 Å². The second-order valence-corrected chi connectivity index (χ2v) is 5.93. The Kier molecular flexibility index (Phi) is 18.3. The van der Waals surface area contributed by atoms with E-state index >= 15 is 0 Å². The lowest BCUT2D eigenvalue weighted by atomic mass is 10.3. The van der Waals surface area contributed by atoms with Crippen molar-refractivity contribution in [3.8, 4) is 11.5 Å². The summed E-state index contributed by atoms with van der Waals surface area (Å²) < 4.78 is 5.62. The second-order valence-electron chi connectivity index (χ2n) is 5.12. The van der Waals surface area contributed by atoms with E-state index in [4.69, 9.17) is 14.9 Å². The fourth-order valence-electron chi connectivity index (χ4n) is 1.35. The van der Waals surface area contributed by atoms with Gasteiger partial charge < -0.3 is 26.0 Å². The monoisotopic (exact) mass is 410 g/mol. The highest BCUT2D eigenvalue weighted by atomic mass is 32.1. The number of nitrogens with two attached hydrogens (primary N) is 1. The number of nitrogens with one attached hydrogen (secondary N) is 1. The number of para-hydroxylation sites is 1. The Morgan fingerprint density at radius 1 is 0.852 bits per heavy atom. The van der Waals surface area contributed by atoms with Crippen molar-refractivity contribution in [1.82, 2.24) is 0 Å². The lowest BCUT2D eigenvalue weighted by Crippen LogP contribution is -2.06. The maximum Gasteiger partial charge on any atom is 0.258 e. The number of hydrogen-bond donors (Lipinski definition) is 4. The van der Waals surface area contributed by atoms with Crippen LogP contribution in [-0.4, -0.2) is 20.6 Å². The molecule has 0 heterocycles. The molecule has 7 heteroatoms. The zero-order valence-electron chi connectivity index (χ0n) is 16.3. The van der Waals surface area contributed by atoms with Gasteiger partial charge in [-0.25, -0.2) is 0 Å². The van der Waals surface area contributed by atoms with Crippen molar-refractivity contribution in [3.63, 3.8) is 0 Å². The molecule has 0 unspecified atom stereocenters. The van der Waals surface area contributed by atoms with Gasteiger partial charge in [-0.1, -0.05) is 58.7 Å². The van der Waals surface area contributed by atoms with E-state index < -0.39 is 5.17 Å². The first-order chi connectivity index (χ1) is 12.8. The minimum Gasteiger partial charge on any atom is -0.487 e. The number of thiocarbonyl (C=S) groups is 2. The third kappa shape index (κ3) is 19.8. The Morgan fingerprint density at radius 2 is 1.22 bits per heavy atom. The number of benzene rings is 2. The first-order valence-electron chi connectivity index (χ1n) is 8.61. The molecule has 2 aromatic carbocycles. The maximum atomic E-state index is 8.90. The van der Waals surface area contributed by atoms with Gasteiger partial charge in [0.25, 0.3) is 10.3 Å². The molecule has 0 saturated heterocycles. The quantitative estimate of drug-likeness (QED) is 0.438. The van der Waals surface area contributed by atoms with Crippen LogP contribution in [-0.2, 0) is 0 Å². The third-order valence-corrected chi connectivity index (χ3v) is 2.19. The number of aliphatic hydroxyl groups excluding tert-OH is 2. The molecule has 150 valence electrons. The summed E-state index contributed by atoms with van der Waals surface area (Å²) in [5.74, 6) is 1.51. The van der Waals surface area contributed by atoms with E-state index in [1.165, 1.54) is 12.8 Å². The van der Waals surface area contributed by atoms with E-state index in [1.54, 1.807) is 24.3 Å². The summed E-state index contributed by atoms with van der Waals surface area (Å²) in [6.07, 6.45) is 2.50. The Hall–Kier alpha value is -2.38. The van der Waals surface area contributed by atoms with Crippen molar-refractivity contribution in [2.75, 3.05) is 5.32 Å². The number of hydrogen-bond acceptors (Lipinski definition) is 3. The van der Waals surface area contributed by atoms with Gasteiger partial charge in [0.2, 0.25) is 0 Å². The van der Waals surface area contributed by atoms with Crippen LogP contribution in [0.2, 0.25) is 0 Å². The van der Waals surface area contributed by atoms with E-state index in [0.29, 0.717) is 0 Å². The fraction of sp³-hybridized carbons (Fsp3) is 0.300. The van der Waals surface area contributed by atoms with Crippen molar-refractivity contribution in [1.29, 1.82) is 0 Å². The van der Waals surface area contributed by atoms with Crippen molar-refractivity contribution >= 4 is 40.5 Å². The van der Waals surface area contributed by atoms with Gasteiger partial charge in [0, 0.05) is 5.69 Å². The second kappa shape index (κ2) is 18.4. The van der Waals surface area contributed by atoms with Crippen LogP contribution in [0.1, 0.15) is 40.5 Å². The minimum atomic E-state index is -0.500. The molecular weight excluding hydrogens is 380 g/mol. The molecule has 2 aromatic rings. The summed E-state index contributed by atoms with van der Waals surface area (Å²) in [6, 6.07) is 16.7. The number of ether oxygens (including phenoxy) is 1. The van der Waals surface area contributed by atoms with Crippen LogP contribution in [0.15, 0.2) is 54.6 Å². The molecule has 5 N–H and O–H groups in total. The van der Waals surface area contributed by atoms with Crippen LogP contribution in [0.25, 0.3) is 0 Å². The summed E-state index contributed by atoms with van der Waals surface area (Å²) in [5.41, 5.74) is 5.12. The molecule has 27 heavy (non-hydrogen) atoms. The van der Waals surface area contributed by atoms with Crippen molar-refractivity contribution < 1.29 is 14.9 Å². The molecule has 0 fully saturated rings. The maximum absolute atomic E-state index is 8.90. The van der Waals surface area contributed by atoms with Crippen LogP contribution in [0.3, 0.4) is 0 Å². The van der Waals surface area contributed by atoms with Gasteiger partial charge in [-0.2, -0.15) is 0 Å². The molecule has 0 aromatic heterocycles. The molecular formula is C20H30N2O3S2. The van der Waals surface area contributed by atoms with Gasteiger partial charge in [-0.3, -0.25) is 0 Å².